The molecule has 1 N–H and O–H groups in total. The molecule has 6 heteroatoms. The van der Waals surface area contributed by atoms with E-state index in [9.17, 15) is 9.59 Å². The molecule has 0 aliphatic rings. The van der Waals surface area contributed by atoms with Gasteiger partial charge in [0.25, 0.3) is 5.91 Å². The molecule has 0 radical (unpaired) electrons. The number of aryl methyl sites for hydroxylation is 2. The lowest BCUT2D eigenvalue weighted by atomic mass is 10.2. The molecule has 0 unspecified atom stereocenters. The Morgan fingerprint density at radius 3 is 2.43 bits per heavy atom. The molecule has 0 bridgehead atoms. The monoisotopic (exact) mass is 401 g/mol. The van der Waals surface area contributed by atoms with Gasteiger partial charge in [0.1, 0.15) is 0 Å². The van der Waals surface area contributed by atoms with Gasteiger partial charge in [-0.15, -0.1) is 0 Å². The Balaban J connectivity index is 1.74. The van der Waals surface area contributed by atoms with Crippen LogP contribution in [0.2, 0.25) is 0 Å². The Labute approximate surface area is 175 Å². The smallest absolute Gasteiger partial charge is 0.340 e. The number of amides is 1. The molecule has 1 atom stereocenters. The predicted octanol–water partition coefficient (Wildman–Crippen LogP) is 4.46. The fourth-order valence-corrected chi connectivity index (χ4v) is 3.25. The number of hydrogen-bond acceptors (Lipinski definition) is 4. The van der Waals surface area contributed by atoms with E-state index in [2.05, 4.69) is 5.32 Å². The van der Waals surface area contributed by atoms with Gasteiger partial charge >= 0.3 is 5.97 Å². The van der Waals surface area contributed by atoms with E-state index in [4.69, 9.17) is 10.00 Å². The molecule has 6 nitrogen and oxygen atoms in total. The Kier molecular flexibility index (Phi) is 6.03. The van der Waals surface area contributed by atoms with Gasteiger partial charge in [-0.2, -0.15) is 5.26 Å². The van der Waals surface area contributed by atoms with Crippen molar-refractivity contribution in [2.75, 3.05) is 5.32 Å². The highest BCUT2D eigenvalue weighted by atomic mass is 16.5. The average molecular weight is 401 g/mol. The molecule has 1 heterocycles. The third kappa shape index (κ3) is 4.41. The normalized spacial score (nSPS) is 11.4. The van der Waals surface area contributed by atoms with Crippen molar-refractivity contribution in [3.8, 4) is 11.8 Å². The summed E-state index contributed by atoms with van der Waals surface area (Å²) in [5, 5.41) is 11.6. The van der Waals surface area contributed by atoms with Crippen molar-refractivity contribution in [3.05, 3.63) is 82.7 Å². The second kappa shape index (κ2) is 8.66. The van der Waals surface area contributed by atoms with E-state index in [0.29, 0.717) is 16.8 Å². The van der Waals surface area contributed by atoms with Crippen LogP contribution in [0.25, 0.3) is 5.69 Å². The highest BCUT2D eigenvalue weighted by Crippen LogP contribution is 2.22. The van der Waals surface area contributed by atoms with Crippen molar-refractivity contribution < 1.29 is 14.3 Å². The first-order valence-corrected chi connectivity index (χ1v) is 9.58. The van der Waals surface area contributed by atoms with E-state index < -0.39 is 18.0 Å². The number of carbonyl (C=O) groups excluding carboxylic acids is 2. The third-order valence-electron chi connectivity index (χ3n) is 4.86. The molecule has 152 valence electrons. The average Bonchev–Trinajstić information content (AvgIpc) is 3.03. The second-order valence-corrected chi connectivity index (χ2v) is 7.19. The summed E-state index contributed by atoms with van der Waals surface area (Å²) in [7, 11) is 0. The van der Waals surface area contributed by atoms with Gasteiger partial charge < -0.3 is 14.6 Å². The number of nitrogens with one attached hydrogen (secondary N) is 1. The van der Waals surface area contributed by atoms with Crippen LogP contribution >= 0.6 is 0 Å². The van der Waals surface area contributed by atoms with E-state index in [0.717, 1.165) is 22.6 Å². The van der Waals surface area contributed by atoms with Gasteiger partial charge in [-0.1, -0.05) is 23.8 Å². The SMILES string of the molecule is Cc1ccc(-n2c(C)cc(C(=O)O[C@@H](C)C(=O)Nc3cccc(C#N)c3)c2C)cc1. The number of nitriles is 1. The molecule has 0 saturated carbocycles. The fraction of sp³-hybridized carbons (Fsp3) is 0.208. The molecule has 2 aromatic carbocycles. The van der Waals surface area contributed by atoms with Gasteiger partial charge in [-0.05, 0) is 64.1 Å². The lowest BCUT2D eigenvalue weighted by Crippen LogP contribution is -2.30. The summed E-state index contributed by atoms with van der Waals surface area (Å²) in [6.45, 7) is 7.30. The van der Waals surface area contributed by atoms with Gasteiger partial charge in [-0.3, -0.25) is 4.79 Å². The minimum absolute atomic E-state index is 0.416. The number of nitrogens with zero attached hydrogens (tertiary/aromatic N) is 2. The van der Waals surface area contributed by atoms with Crippen LogP contribution in [-0.4, -0.2) is 22.5 Å². The molecule has 3 rings (SSSR count). The van der Waals surface area contributed by atoms with Crippen molar-refractivity contribution in [3.63, 3.8) is 0 Å². The third-order valence-corrected chi connectivity index (χ3v) is 4.86. The Hall–Kier alpha value is -3.85. The molecule has 1 aromatic heterocycles. The first-order chi connectivity index (χ1) is 14.3. The Bertz CT molecular complexity index is 1140. The van der Waals surface area contributed by atoms with Crippen LogP contribution in [0.15, 0.2) is 54.6 Å². The van der Waals surface area contributed by atoms with Gasteiger partial charge in [0.05, 0.1) is 17.2 Å². The van der Waals surface area contributed by atoms with Crippen molar-refractivity contribution in [2.45, 2.75) is 33.8 Å². The summed E-state index contributed by atoms with van der Waals surface area (Å²) in [4.78, 5) is 25.1. The van der Waals surface area contributed by atoms with E-state index >= 15 is 0 Å². The van der Waals surface area contributed by atoms with Crippen molar-refractivity contribution in [1.29, 1.82) is 5.26 Å². The van der Waals surface area contributed by atoms with Crippen LogP contribution in [-0.2, 0) is 9.53 Å². The number of esters is 1. The topological polar surface area (TPSA) is 84.1 Å². The largest absolute Gasteiger partial charge is 0.449 e. The summed E-state index contributed by atoms with van der Waals surface area (Å²) in [5.41, 5.74) is 5.07. The number of ether oxygens (including phenoxy) is 1. The van der Waals surface area contributed by atoms with Crippen LogP contribution in [0, 0.1) is 32.1 Å². The Morgan fingerprint density at radius 2 is 1.77 bits per heavy atom. The fourth-order valence-electron chi connectivity index (χ4n) is 3.25. The molecule has 3 aromatic rings. The molecular formula is C24H23N3O3. The van der Waals surface area contributed by atoms with Gasteiger partial charge in [0.15, 0.2) is 6.10 Å². The first-order valence-electron chi connectivity index (χ1n) is 9.58. The zero-order valence-corrected chi connectivity index (χ0v) is 17.4. The zero-order valence-electron chi connectivity index (χ0n) is 17.4. The number of carbonyl (C=O) groups is 2. The van der Waals surface area contributed by atoms with Gasteiger partial charge in [0.2, 0.25) is 0 Å². The highest BCUT2D eigenvalue weighted by Gasteiger charge is 2.23. The quantitative estimate of drug-likeness (QED) is 0.640. The molecular weight excluding hydrogens is 378 g/mol. The predicted molar refractivity (Wildman–Crippen MR) is 115 cm³/mol. The second-order valence-electron chi connectivity index (χ2n) is 7.19. The number of aromatic nitrogens is 1. The van der Waals surface area contributed by atoms with E-state index in [1.54, 1.807) is 30.3 Å². The summed E-state index contributed by atoms with van der Waals surface area (Å²) >= 11 is 0. The van der Waals surface area contributed by atoms with Crippen LogP contribution < -0.4 is 5.32 Å². The van der Waals surface area contributed by atoms with Gasteiger partial charge in [-0.25, -0.2) is 4.79 Å². The minimum atomic E-state index is -0.995. The minimum Gasteiger partial charge on any atom is -0.449 e. The lowest BCUT2D eigenvalue weighted by molar-refractivity contribution is -0.123. The summed E-state index contributed by atoms with van der Waals surface area (Å²) < 4.78 is 7.38. The number of anilines is 1. The first kappa shape index (κ1) is 20.9. The molecule has 0 aliphatic heterocycles. The molecule has 0 spiro atoms. The Morgan fingerprint density at radius 1 is 1.07 bits per heavy atom. The summed E-state index contributed by atoms with van der Waals surface area (Å²) in [6.07, 6.45) is -0.995. The maximum absolute atomic E-state index is 12.7. The van der Waals surface area contributed by atoms with Crippen LogP contribution in [0.4, 0.5) is 5.69 Å². The number of rotatable bonds is 5. The highest BCUT2D eigenvalue weighted by molar-refractivity contribution is 5.98. The van der Waals surface area contributed by atoms with Crippen molar-refractivity contribution in [1.82, 2.24) is 4.57 Å². The molecule has 1 amide bonds. The maximum atomic E-state index is 12.7. The van der Waals surface area contributed by atoms with E-state index in [-0.39, 0.29) is 0 Å². The molecule has 30 heavy (non-hydrogen) atoms. The van der Waals surface area contributed by atoms with E-state index in [1.165, 1.54) is 6.92 Å². The summed E-state index contributed by atoms with van der Waals surface area (Å²) in [6, 6.07) is 18.3. The van der Waals surface area contributed by atoms with E-state index in [1.807, 2.05) is 55.7 Å². The molecule has 0 saturated heterocycles. The van der Waals surface area contributed by atoms with Crippen LogP contribution in [0.3, 0.4) is 0 Å². The van der Waals surface area contributed by atoms with Crippen LogP contribution in [0.5, 0.6) is 0 Å². The van der Waals surface area contributed by atoms with Gasteiger partial charge in [0, 0.05) is 22.8 Å². The standard InChI is InChI=1S/C24H23N3O3/c1-15-8-10-21(11-9-15)27-16(2)12-22(17(27)3)24(29)30-18(4)23(28)26-20-7-5-6-19(13-20)14-25/h5-13,18H,1-4H3,(H,26,28)/t18-/m0/s1. The zero-order chi connectivity index (χ0) is 21.8. The van der Waals surface area contributed by atoms with Crippen molar-refractivity contribution in [2.24, 2.45) is 0 Å². The lowest BCUT2D eigenvalue weighted by Gasteiger charge is -2.14. The number of benzene rings is 2. The van der Waals surface area contributed by atoms with Crippen LogP contribution in [0.1, 0.15) is 39.8 Å². The number of hydrogen-bond donors (Lipinski definition) is 1. The summed E-state index contributed by atoms with van der Waals surface area (Å²) in [5.74, 6) is -1.03. The molecule has 0 aliphatic carbocycles. The maximum Gasteiger partial charge on any atom is 0.340 e. The molecule has 0 fully saturated rings. The van der Waals surface area contributed by atoms with Crippen molar-refractivity contribution >= 4 is 17.6 Å².